The van der Waals surface area contributed by atoms with Crippen LogP contribution in [0.4, 0.5) is 4.79 Å². The summed E-state index contributed by atoms with van der Waals surface area (Å²) < 4.78 is 5.39. The number of ether oxygens (including phenoxy) is 1. The first-order chi connectivity index (χ1) is 19.5. The van der Waals surface area contributed by atoms with Crippen molar-refractivity contribution >= 4 is 22.8 Å². The lowest BCUT2D eigenvalue weighted by atomic mass is 9.85. The number of carbonyl (C=O) groups excluding carboxylic acids is 2. The molecule has 3 saturated heterocycles. The van der Waals surface area contributed by atoms with E-state index in [9.17, 15) is 9.59 Å². The normalized spacial score (nSPS) is 19.4. The van der Waals surface area contributed by atoms with Gasteiger partial charge >= 0.3 is 6.03 Å². The summed E-state index contributed by atoms with van der Waals surface area (Å²) in [5.74, 6) is 0.631. The number of nitrogens with one attached hydrogen (secondary N) is 1. The van der Waals surface area contributed by atoms with Crippen molar-refractivity contribution in [3.63, 3.8) is 0 Å². The number of carbonyl (C=O) groups is 2. The minimum absolute atomic E-state index is 0.0370. The molecule has 3 fully saturated rings. The number of aromatic amines is 1. The molecule has 8 nitrogen and oxygen atoms in total. The van der Waals surface area contributed by atoms with Crippen LogP contribution in [-0.2, 0) is 11.3 Å². The van der Waals surface area contributed by atoms with Crippen LogP contribution < -0.4 is 0 Å². The van der Waals surface area contributed by atoms with Crippen molar-refractivity contribution in [3.05, 3.63) is 70.4 Å². The van der Waals surface area contributed by atoms with Gasteiger partial charge in [-0.05, 0) is 68.5 Å². The number of hydrogen-bond acceptors (Lipinski definition) is 4. The Kier molecular flexibility index (Phi) is 7.80. The monoisotopic (exact) mass is 543 g/mol. The van der Waals surface area contributed by atoms with Crippen molar-refractivity contribution in [1.29, 1.82) is 0 Å². The first kappa shape index (κ1) is 26.8. The maximum absolute atomic E-state index is 13.9. The molecular formula is C32H41N5O3. The van der Waals surface area contributed by atoms with Crippen LogP contribution in [0.25, 0.3) is 10.9 Å². The molecule has 212 valence electrons. The molecule has 0 spiro atoms. The number of rotatable bonds is 4. The maximum atomic E-state index is 13.9. The van der Waals surface area contributed by atoms with E-state index >= 15 is 0 Å². The minimum atomic E-state index is 0.0370. The lowest BCUT2D eigenvalue weighted by Gasteiger charge is -2.38. The average molecular weight is 544 g/mol. The van der Waals surface area contributed by atoms with Crippen LogP contribution in [-0.4, -0.2) is 102 Å². The van der Waals surface area contributed by atoms with Crippen molar-refractivity contribution in [2.45, 2.75) is 39.2 Å². The zero-order chi connectivity index (χ0) is 27.6. The number of morpholine rings is 1. The van der Waals surface area contributed by atoms with Gasteiger partial charge in [-0.25, -0.2) is 4.79 Å². The lowest BCUT2D eigenvalue weighted by molar-refractivity contribution is 0.0361. The number of amides is 3. The zero-order valence-corrected chi connectivity index (χ0v) is 23.8. The SMILES string of the molecule is Cc1cccc(C2CCN(Cc3c(C(=O)N4CCN(C(=O)N5CCOCC5)CC4)[nH]c4ccccc34)CC2)c1C. The summed E-state index contributed by atoms with van der Waals surface area (Å²) in [6.07, 6.45) is 2.27. The van der Waals surface area contributed by atoms with E-state index in [1.807, 2.05) is 20.8 Å². The van der Waals surface area contributed by atoms with E-state index in [2.05, 4.69) is 60.1 Å². The lowest BCUT2D eigenvalue weighted by Crippen LogP contribution is -2.55. The summed E-state index contributed by atoms with van der Waals surface area (Å²) in [6.45, 7) is 11.9. The number of nitrogens with zero attached hydrogens (tertiary/aromatic N) is 4. The van der Waals surface area contributed by atoms with Gasteiger partial charge in [0.05, 0.1) is 13.2 Å². The Hall–Kier alpha value is -3.36. The molecule has 3 aromatic rings. The second kappa shape index (κ2) is 11.6. The van der Waals surface area contributed by atoms with Gasteiger partial charge in [0.2, 0.25) is 0 Å². The van der Waals surface area contributed by atoms with Crippen molar-refractivity contribution in [2.24, 2.45) is 0 Å². The van der Waals surface area contributed by atoms with Gasteiger partial charge in [-0.2, -0.15) is 0 Å². The second-order valence-electron chi connectivity index (χ2n) is 11.5. The van der Waals surface area contributed by atoms with Crippen LogP contribution >= 0.6 is 0 Å². The van der Waals surface area contributed by atoms with Gasteiger partial charge in [-0.3, -0.25) is 9.69 Å². The van der Waals surface area contributed by atoms with Gasteiger partial charge < -0.3 is 24.4 Å². The van der Waals surface area contributed by atoms with E-state index in [-0.39, 0.29) is 11.9 Å². The van der Waals surface area contributed by atoms with Gasteiger partial charge in [0.15, 0.2) is 0 Å². The molecule has 0 bridgehead atoms. The zero-order valence-electron chi connectivity index (χ0n) is 23.8. The number of aryl methyl sites for hydroxylation is 1. The van der Waals surface area contributed by atoms with Crippen LogP contribution in [0.2, 0.25) is 0 Å². The molecule has 1 aromatic heterocycles. The van der Waals surface area contributed by atoms with Crippen molar-refractivity contribution in [2.75, 3.05) is 65.6 Å². The summed E-state index contributed by atoms with van der Waals surface area (Å²) in [7, 11) is 0. The summed E-state index contributed by atoms with van der Waals surface area (Å²) in [5, 5.41) is 1.13. The van der Waals surface area contributed by atoms with E-state index in [0.717, 1.165) is 48.9 Å². The summed E-state index contributed by atoms with van der Waals surface area (Å²) in [5.41, 5.74) is 7.09. The van der Waals surface area contributed by atoms with Crippen molar-refractivity contribution in [1.82, 2.24) is 24.6 Å². The minimum Gasteiger partial charge on any atom is -0.378 e. The number of fused-ring (bicyclic) bond motifs is 1. The molecule has 0 radical (unpaired) electrons. The third-order valence-electron chi connectivity index (χ3n) is 9.20. The van der Waals surface area contributed by atoms with E-state index in [4.69, 9.17) is 4.74 Å². The van der Waals surface area contributed by atoms with Crippen LogP contribution in [0.3, 0.4) is 0 Å². The van der Waals surface area contributed by atoms with Crippen LogP contribution in [0, 0.1) is 13.8 Å². The number of piperazine rings is 1. The highest BCUT2D eigenvalue weighted by Crippen LogP contribution is 2.33. The van der Waals surface area contributed by atoms with E-state index < -0.39 is 0 Å². The highest BCUT2D eigenvalue weighted by atomic mass is 16.5. The smallest absolute Gasteiger partial charge is 0.320 e. The highest BCUT2D eigenvalue weighted by molar-refractivity contribution is 6.01. The number of hydrogen-bond donors (Lipinski definition) is 1. The fraction of sp³-hybridized carbons (Fsp3) is 0.500. The predicted octanol–water partition coefficient (Wildman–Crippen LogP) is 4.37. The third-order valence-corrected chi connectivity index (χ3v) is 9.20. The van der Waals surface area contributed by atoms with Gasteiger partial charge in [0, 0.05) is 62.3 Å². The molecule has 0 aliphatic carbocycles. The number of para-hydroxylation sites is 1. The topological polar surface area (TPSA) is 72.1 Å². The fourth-order valence-corrected chi connectivity index (χ4v) is 6.60. The molecule has 2 aromatic carbocycles. The number of aromatic nitrogens is 1. The molecular weight excluding hydrogens is 502 g/mol. The predicted molar refractivity (Wildman–Crippen MR) is 157 cm³/mol. The third kappa shape index (κ3) is 5.34. The second-order valence-corrected chi connectivity index (χ2v) is 11.5. The van der Waals surface area contributed by atoms with Crippen LogP contribution in [0.5, 0.6) is 0 Å². The fourth-order valence-electron chi connectivity index (χ4n) is 6.60. The van der Waals surface area contributed by atoms with Gasteiger partial charge in [0.1, 0.15) is 5.69 Å². The van der Waals surface area contributed by atoms with E-state index in [1.54, 1.807) is 0 Å². The average Bonchev–Trinajstić information content (AvgIpc) is 3.37. The van der Waals surface area contributed by atoms with Crippen LogP contribution in [0.15, 0.2) is 42.5 Å². The number of urea groups is 1. The van der Waals surface area contributed by atoms with Gasteiger partial charge in [0.25, 0.3) is 5.91 Å². The molecule has 6 rings (SSSR count). The molecule has 40 heavy (non-hydrogen) atoms. The highest BCUT2D eigenvalue weighted by Gasteiger charge is 2.31. The maximum Gasteiger partial charge on any atom is 0.320 e. The molecule has 3 amide bonds. The standard InChI is InChI=1S/C32H41N5O3/c1-23-6-5-8-26(24(23)2)25-10-12-34(13-11-25)22-28-27-7-3-4-9-29(27)33-30(28)31(38)35-14-16-36(17-15-35)32(39)37-18-20-40-21-19-37/h3-9,25,33H,10-22H2,1-2H3. The quantitative estimate of drug-likeness (QED) is 0.531. The Morgan fingerprint density at radius 1 is 0.825 bits per heavy atom. The number of piperidine rings is 1. The number of likely N-dealkylation sites (tertiary alicyclic amines) is 1. The number of H-pyrrole nitrogens is 1. The first-order valence-electron chi connectivity index (χ1n) is 14.8. The van der Waals surface area contributed by atoms with E-state index in [1.165, 1.54) is 16.7 Å². The number of benzene rings is 2. The Labute approximate surface area is 236 Å². The molecule has 1 N–H and O–H groups in total. The van der Waals surface area contributed by atoms with E-state index in [0.29, 0.717) is 64.1 Å². The largest absolute Gasteiger partial charge is 0.378 e. The Morgan fingerprint density at radius 2 is 1.50 bits per heavy atom. The molecule has 0 saturated carbocycles. The van der Waals surface area contributed by atoms with Crippen molar-refractivity contribution in [3.8, 4) is 0 Å². The molecule has 0 atom stereocenters. The summed E-state index contributed by atoms with van der Waals surface area (Å²) in [6, 6.07) is 15.0. The Morgan fingerprint density at radius 3 is 2.25 bits per heavy atom. The summed E-state index contributed by atoms with van der Waals surface area (Å²) >= 11 is 0. The Balaban J connectivity index is 1.13. The van der Waals surface area contributed by atoms with Gasteiger partial charge in [-0.1, -0.05) is 36.4 Å². The first-order valence-corrected chi connectivity index (χ1v) is 14.8. The molecule has 4 heterocycles. The molecule has 8 heteroatoms. The summed E-state index contributed by atoms with van der Waals surface area (Å²) in [4.78, 5) is 38.4. The molecule has 0 unspecified atom stereocenters. The molecule has 3 aliphatic heterocycles. The molecule has 3 aliphatic rings. The Bertz CT molecular complexity index is 1360. The van der Waals surface area contributed by atoms with Crippen molar-refractivity contribution < 1.29 is 14.3 Å². The van der Waals surface area contributed by atoms with Gasteiger partial charge in [-0.15, -0.1) is 0 Å². The van der Waals surface area contributed by atoms with Crippen LogP contribution in [0.1, 0.15) is 51.5 Å².